The third kappa shape index (κ3) is 4.78. The van der Waals surface area contributed by atoms with Gasteiger partial charge < -0.3 is 14.7 Å². The normalized spacial score (nSPS) is 17.6. The van der Waals surface area contributed by atoms with Gasteiger partial charge in [0, 0.05) is 17.8 Å². The van der Waals surface area contributed by atoms with Crippen LogP contribution >= 0.6 is 12.2 Å². The molecule has 0 amide bonds. The Morgan fingerprint density at radius 1 is 1.09 bits per heavy atom. The highest BCUT2D eigenvalue weighted by Crippen LogP contribution is 2.44. The van der Waals surface area contributed by atoms with Crippen LogP contribution in [0.15, 0.2) is 12.1 Å². The maximum atomic E-state index is 10.5. The third-order valence-corrected chi connectivity index (χ3v) is 7.47. The van der Waals surface area contributed by atoms with Crippen LogP contribution in [0.5, 0.6) is 11.5 Å². The number of hydrogen-bond acceptors (Lipinski definition) is 4. The van der Waals surface area contributed by atoms with Gasteiger partial charge >= 0.3 is 0 Å². The van der Waals surface area contributed by atoms with Crippen molar-refractivity contribution in [1.29, 1.82) is 0 Å². The van der Waals surface area contributed by atoms with Crippen LogP contribution in [0.25, 0.3) is 0 Å². The van der Waals surface area contributed by atoms with Gasteiger partial charge in [0.2, 0.25) is 0 Å². The second-order valence-electron chi connectivity index (χ2n) is 9.53. The van der Waals surface area contributed by atoms with Crippen molar-refractivity contribution < 1.29 is 9.84 Å². The van der Waals surface area contributed by atoms with Crippen LogP contribution in [0.2, 0.25) is 0 Å². The molecule has 0 fully saturated rings. The summed E-state index contributed by atoms with van der Waals surface area (Å²) in [5, 5.41) is 10.5. The first-order valence-electron chi connectivity index (χ1n) is 11.9. The molecule has 2 aromatic rings. The lowest BCUT2D eigenvalue weighted by Crippen LogP contribution is -2.52. The number of rotatable bonds is 7. The highest BCUT2D eigenvalue weighted by Gasteiger charge is 2.41. The first kappa shape index (κ1) is 24.5. The standard InChI is InChI=1S/C27H38N2O2S/c1-8-9-10-11-14-29(23-16-17(2)15-18(3)28-23)26(32)27(7)13-12-22-21(6)24(30)19(4)20(5)25(22)31-27/h15-16,30H,8-14H2,1-7H3. The Morgan fingerprint density at radius 2 is 1.81 bits per heavy atom. The zero-order valence-corrected chi connectivity index (χ0v) is 21.6. The number of aryl methyl sites for hydroxylation is 2. The molecule has 0 spiro atoms. The average molecular weight is 455 g/mol. The lowest BCUT2D eigenvalue weighted by atomic mass is 9.86. The fourth-order valence-corrected chi connectivity index (χ4v) is 4.99. The van der Waals surface area contributed by atoms with Crippen molar-refractivity contribution in [1.82, 2.24) is 4.98 Å². The number of phenolic OH excluding ortho intramolecular Hbond substituents is 1. The predicted molar refractivity (Wildman–Crippen MR) is 137 cm³/mol. The van der Waals surface area contributed by atoms with Gasteiger partial charge in [0.1, 0.15) is 22.3 Å². The summed E-state index contributed by atoms with van der Waals surface area (Å²) in [4.78, 5) is 7.82. The smallest absolute Gasteiger partial charge is 0.157 e. The lowest BCUT2D eigenvalue weighted by molar-refractivity contribution is 0.133. The molecule has 0 saturated heterocycles. The van der Waals surface area contributed by atoms with E-state index >= 15 is 0 Å². The Morgan fingerprint density at radius 3 is 2.47 bits per heavy atom. The molecule has 1 unspecified atom stereocenters. The van der Waals surface area contributed by atoms with Gasteiger partial charge in [-0.25, -0.2) is 4.98 Å². The number of ether oxygens (including phenoxy) is 1. The van der Waals surface area contributed by atoms with Gasteiger partial charge in [-0.1, -0.05) is 38.4 Å². The molecular formula is C27H38N2O2S. The zero-order valence-electron chi connectivity index (χ0n) is 20.8. The minimum atomic E-state index is -0.604. The molecule has 5 heteroatoms. The van der Waals surface area contributed by atoms with E-state index in [1.165, 1.54) is 24.8 Å². The largest absolute Gasteiger partial charge is 0.507 e. The summed E-state index contributed by atoms with van der Waals surface area (Å²) in [6.45, 7) is 15.3. The first-order valence-corrected chi connectivity index (χ1v) is 12.3. The molecule has 0 aliphatic carbocycles. The van der Waals surface area contributed by atoms with Crippen molar-refractivity contribution >= 4 is 23.0 Å². The van der Waals surface area contributed by atoms with E-state index in [1.807, 2.05) is 27.7 Å². The third-order valence-electron chi connectivity index (χ3n) is 6.81. The molecule has 1 aliphatic heterocycles. The minimum absolute atomic E-state index is 0.382. The number of benzene rings is 1. The second-order valence-corrected chi connectivity index (χ2v) is 9.91. The predicted octanol–water partition coefficient (Wildman–Crippen LogP) is 6.83. The molecule has 4 nitrogen and oxygen atoms in total. The number of unbranched alkanes of at least 4 members (excludes halogenated alkanes) is 3. The summed E-state index contributed by atoms with van der Waals surface area (Å²) in [5.74, 6) is 2.18. The fourth-order valence-electron chi connectivity index (χ4n) is 4.66. The van der Waals surface area contributed by atoms with Gasteiger partial charge in [0.05, 0.1) is 0 Å². The van der Waals surface area contributed by atoms with Crippen LogP contribution < -0.4 is 9.64 Å². The highest BCUT2D eigenvalue weighted by atomic mass is 32.1. The fraction of sp³-hybridized carbons (Fsp3) is 0.556. The van der Waals surface area contributed by atoms with E-state index < -0.39 is 5.60 Å². The van der Waals surface area contributed by atoms with E-state index in [0.717, 1.165) is 70.3 Å². The minimum Gasteiger partial charge on any atom is -0.507 e. The Bertz CT molecular complexity index is 997. The number of phenols is 1. The molecular weight excluding hydrogens is 416 g/mol. The van der Waals surface area contributed by atoms with Crippen molar-refractivity contribution in [3.8, 4) is 11.5 Å². The molecule has 1 aromatic heterocycles. The van der Waals surface area contributed by atoms with Crippen molar-refractivity contribution in [3.05, 3.63) is 45.6 Å². The van der Waals surface area contributed by atoms with Gasteiger partial charge in [-0.3, -0.25) is 0 Å². The number of aromatic nitrogens is 1. The Kier molecular flexibility index (Phi) is 7.49. The van der Waals surface area contributed by atoms with Crippen LogP contribution in [0.3, 0.4) is 0 Å². The maximum absolute atomic E-state index is 10.5. The van der Waals surface area contributed by atoms with Crippen LogP contribution in [-0.4, -0.2) is 27.2 Å². The zero-order chi connectivity index (χ0) is 23.6. The highest BCUT2D eigenvalue weighted by molar-refractivity contribution is 7.80. The van der Waals surface area contributed by atoms with E-state index in [9.17, 15) is 5.11 Å². The Hall–Kier alpha value is -2.14. The Labute approximate surface area is 199 Å². The number of aromatic hydroxyl groups is 1. The number of fused-ring (bicyclic) bond motifs is 1. The summed E-state index contributed by atoms with van der Waals surface area (Å²) in [6, 6.07) is 4.22. The molecule has 1 atom stereocenters. The molecule has 1 aliphatic rings. The van der Waals surface area contributed by atoms with E-state index in [0.29, 0.717) is 5.75 Å². The van der Waals surface area contributed by atoms with Gasteiger partial charge in [-0.2, -0.15) is 0 Å². The summed E-state index contributed by atoms with van der Waals surface area (Å²) in [5.41, 5.74) is 5.48. The average Bonchev–Trinajstić information content (AvgIpc) is 2.75. The van der Waals surface area contributed by atoms with Crippen LogP contribution in [0.4, 0.5) is 5.82 Å². The number of nitrogens with zero attached hydrogens (tertiary/aromatic N) is 2. The van der Waals surface area contributed by atoms with E-state index in [-0.39, 0.29) is 0 Å². The molecule has 0 bridgehead atoms. The molecule has 32 heavy (non-hydrogen) atoms. The van der Waals surface area contributed by atoms with E-state index in [1.54, 1.807) is 0 Å². The second kappa shape index (κ2) is 9.78. The summed E-state index contributed by atoms with van der Waals surface area (Å²) < 4.78 is 6.70. The van der Waals surface area contributed by atoms with Crippen LogP contribution in [0.1, 0.15) is 79.5 Å². The first-order chi connectivity index (χ1) is 15.1. The van der Waals surface area contributed by atoms with Crippen LogP contribution in [0, 0.1) is 34.6 Å². The summed E-state index contributed by atoms with van der Waals surface area (Å²) in [7, 11) is 0. The maximum Gasteiger partial charge on any atom is 0.157 e. The number of pyridine rings is 1. The molecule has 1 aromatic carbocycles. The lowest BCUT2D eigenvalue weighted by Gasteiger charge is -2.41. The summed E-state index contributed by atoms with van der Waals surface area (Å²) in [6.07, 6.45) is 6.28. The van der Waals surface area contributed by atoms with Crippen molar-refractivity contribution in [2.24, 2.45) is 0 Å². The van der Waals surface area contributed by atoms with E-state index in [2.05, 4.69) is 37.8 Å². The van der Waals surface area contributed by atoms with Crippen molar-refractivity contribution in [3.63, 3.8) is 0 Å². The molecule has 174 valence electrons. The molecule has 3 rings (SSSR count). The molecule has 2 heterocycles. The Balaban J connectivity index is 1.97. The number of hydrogen-bond donors (Lipinski definition) is 1. The number of anilines is 1. The van der Waals surface area contributed by atoms with Crippen LogP contribution in [-0.2, 0) is 6.42 Å². The van der Waals surface area contributed by atoms with Gasteiger partial charge in [0.25, 0.3) is 0 Å². The quantitative estimate of drug-likeness (QED) is 0.367. The molecule has 1 N–H and O–H groups in total. The molecule has 0 radical (unpaired) electrons. The summed E-state index contributed by atoms with van der Waals surface area (Å²) >= 11 is 6.13. The van der Waals surface area contributed by atoms with Crippen molar-refractivity contribution in [2.45, 2.75) is 92.6 Å². The molecule has 0 saturated carbocycles. The SMILES string of the molecule is CCCCCCN(C(=S)C1(C)CCc2c(C)c(O)c(C)c(C)c2O1)c1cc(C)cc(C)n1. The van der Waals surface area contributed by atoms with Gasteiger partial charge in [-0.05, 0) is 95.2 Å². The van der Waals surface area contributed by atoms with Gasteiger partial charge in [-0.15, -0.1) is 0 Å². The van der Waals surface area contributed by atoms with Crippen molar-refractivity contribution in [2.75, 3.05) is 11.4 Å². The van der Waals surface area contributed by atoms with E-state index in [4.69, 9.17) is 21.9 Å². The number of thiocarbonyl (C=S) groups is 1. The monoisotopic (exact) mass is 454 g/mol. The van der Waals surface area contributed by atoms with Gasteiger partial charge in [0.15, 0.2) is 5.60 Å². The topological polar surface area (TPSA) is 45.6 Å².